The molecule has 0 fully saturated rings. The standard InChI is InChI=1S/C15H13ClN2O3/c16-13-8-12(15(19)14(9-13)18(20)21)10-17-7-6-11-4-2-1-3-5-11/h1-5,8-10,19H,6-7H2/p-1. The van der Waals surface area contributed by atoms with Crippen LogP contribution in [0.4, 0.5) is 5.69 Å². The smallest absolute Gasteiger partial charge is 0.263 e. The van der Waals surface area contributed by atoms with Gasteiger partial charge in [0.25, 0.3) is 5.69 Å². The molecule has 0 aromatic heterocycles. The molecule has 6 heteroatoms. The predicted octanol–water partition coefficient (Wildman–Crippen LogP) is 2.98. The van der Waals surface area contributed by atoms with E-state index in [0.717, 1.165) is 18.1 Å². The van der Waals surface area contributed by atoms with Crippen molar-refractivity contribution in [3.8, 4) is 5.75 Å². The fourth-order valence-electron chi connectivity index (χ4n) is 1.83. The highest BCUT2D eigenvalue weighted by atomic mass is 35.5. The third kappa shape index (κ3) is 4.03. The Balaban J connectivity index is 2.09. The summed E-state index contributed by atoms with van der Waals surface area (Å²) in [5.74, 6) is -0.673. The van der Waals surface area contributed by atoms with Crippen molar-refractivity contribution in [2.75, 3.05) is 6.54 Å². The Kier molecular flexibility index (Phi) is 4.90. The van der Waals surface area contributed by atoms with Crippen molar-refractivity contribution < 1.29 is 10.0 Å². The summed E-state index contributed by atoms with van der Waals surface area (Å²) in [5.41, 5.74) is 0.725. The zero-order valence-corrected chi connectivity index (χ0v) is 11.8. The summed E-state index contributed by atoms with van der Waals surface area (Å²) in [7, 11) is 0. The van der Waals surface area contributed by atoms with Crippen LogP contribution in [0.25, 0.3) is 0 Å². The number of rotatable bonds is 5. The number of nitro groups is 1. The van der Waals surface area contributed by atoms with Crippen LogP contribution < -0.4 is 5.11 Å². The lowest BCUT2D eigenvalue weighted by Crippen LogP contribution is -2.02. The first-order chi connectivity index (χ1) is 10.1. The lowest BCUT2D eigenvalue weighted by molar-refractivity contribution is -0.398. The fraction of sp³-hybridized carbons (Fsp3) is 0.133. The van der Waals surface area contributed by atoms with E-state index in [2.05, 4.69) is 4.99 Å². The van der Waals surface area contributed by atoms with E-state index in [0.29, 0.717) is 6.54 Å². The highest BCUT2D eigenvalue weighted by Gasteiger charge is 2.10. The molecule has 0 unspecified atom stereocenters. The van der Waals surface area contributed by atoms with Crippen LogP contribution in [-0.4, -0.2) is 17.7 Å². The van der Waals surface area contributed by atoms with Gasteiger partial charge in [-0.2, -0.15) is 0 Å². The van der Waals surface area contributed by atoms with Crippen LogP contribution in [0, 0.1) is 10.1 Å². The maximum Gasteiger partial charge on any atom is 0.263 e. The second-order valence-corrected chi connectivity index (χ2v) is 4.81. The second-order valence-electron chi connectivity index (χ2n) is 4.37. The molecule has 2 aromatic carbocycles. The first-order valence-electron chi connectivity index (χ1n) is 6.26. The average Bonchev–Trinajstić information content (AvgIpc) is 2.47. The first-order valence-corrected chi connectivity index (χ1v) is 6.64. The van der Waals surface area contributed by atoms with E-state index in [1.807, 2.05) is 30.3 Å². The number of aliphatic imine (C=N–C) groups is 1. The van der Waals surface area contributed by atoms with Crippen molar-refractivity contribution in [2.45, 2.75) is 6.42 Å². The molecule has 0 radical (unpaired) electrons. The minimum absolute atomic E-state index is 0.127. The average molecular weight is 304 g/mol. The van der Waals surface area contributed by atoms with Crippen LogP contribution in [0.3, 0.4) is 0 Å². The molecule has 21 heavy (non-hydrogen) atoms. The normalized spacial score (nSPS) is 10.9. The molecular weight excluding hydrogens is 292 g/mol. The van der Waals surface area contributed by atoms with Gasteiger partial charge >= 0.3 is 0 Å². The number of benzene rings is 2. The number of hydrogen-bond donors (Lipinski definition) is 0. The number of nitro benzene ring substituents is 1. The quantitative estimate of drug-likeness (QED) is 0.484. The van der Waals surface area contributed by atoms with Crippen molar-refractivity contribution in [3.05, 3.63) is 68.7 Å². The Hall–Kier alpha value is -2.40. The van der Waals surface area contributed by atoms with E-state index < -0.39 is 16.4 Å². The Morgan fingerprint density at radius 3 is 2.62 bits per heavy atom. The summed E-state index contributed by atoms with van der Waals surface area (Å²) in [5, 5.41) is 22.7. The molecule has 0 saturated carbocycles. The Labute approximate surface area is 126 Å². The maximum atomic E-state index is 11.8. The molecule has 2 rings (SSSR count). The lowest BCUT2D eigenvalue weighted by atomic mass is 10.1. The van der Waals surface area contributed by atoms with Gasteiger partial charge in [-0.05, 0) is 29.4 Å². The molecule has 0 atom stereocenters. The summed E-state index contributed by atoms with van der Waals surface area (Å²) in [6.07, 6.45) is 2.07. The largest absolute Gasteiger partial charge is 0.867 e. The molecule has 108 valence electrons. The molecule has 0 amide bonds. The van der Waals surface area contributed by atoms with Crippen LogP contribution in [0.2, 0.25) is 5.02 Å². The van der Waals surface area contributed by atoms with E-state index >= 15 is 0 Å². The zero-order valence-electron chi connectivity index (χ0n) is 11.0. The van der Waals surface area contributed by atoms with Gasteiger partial charge in [0.1, 0.15) is 0 Å². The Morgan fingerprint density at radius 2 is 1.95 bits per heavy atom. The van der Waals surface area contributed by atoms with E-state index in [-0.39, 0.29) is 10.6 Å². The number of nitrogens with zero attached hydrogens (tertiary/aromatic N) is 2. The molecule has 5 nitrogen and oxygen atoms in total. The molecule has 0 heterocycles. The van der Waals surface area contributed by atoms with Crippen LogP contribution in [0.15, 0.2) is 47.5 Å². The molecule has 0 spiro atoms. The highest BCUT2D eigenvalue weighted by molar-refractivity contribution is 6.31. The third-order valence-corrected chi connectivity index (χ3v) is 3.08. The van der Waals surface area contributed by atoms with E-state index in [1.54, 1.807) is 0 Å². The van der Waals surface area contributed by atoms with Crippen molar-refractivity contribution >= 4 is 23.5 Å². The summed E-state index contributed by atoms with van der Waals surface area (Å²) in [6.45, 7) is 0.490. The predicted molar refractivity (Wildman–Crippen MR) is 80.2 cm³/mol. The van der Waals surface area contributed by atoms with Crippen molar-refractivity contribution in [1.29, 1.82) is 0 Å². The van der Waals surface area contributed by atoms with Gasteiger partial charge in [-0.15, -0.1) is 0 Å². The molecule has 0 aliphatic heterocycles. The number of halogens is 1. The van der Waals surface area contributed by atoms with E-state index in [9.17, 15) is 15.2 Å². The minimum Gasteiger partial charge on any atom is -0.867 e. The third-order valence-electron chi connectivity index (χ3n) is 2.86. The molecule has 0 saturated heterocycles. The van der Waals surface area contributed by atoms with Gasteiger partial charge in [-0.3, -0.25) is 15.1 Å². The fourth-order valence-corrected chi connectivity index (χ4v) is 2.05. The molecule has 0 bridgehead atoms. The molecule has 0 aliphatic rings. The van der Waals surface area contributed by atoms with Gasteiger partial charge in [-0.1, -0.05) is 41.9 Å². The van der Waals surface area contributed by atoms with Crippen LogP contribution in [0.5, 0.6) is 5.75 Å². The molecule has 0 aliphatic carbocycles. The lowest BCUT2D eigenvalue weighted by Gasteiger charge is -2.10. The van der Waals surface area contributed by atoms with Crippen LogP contribution in [-0.2, 0) is 6.42 Å². The summed E-state index contributed by atoms with van der Waals surface area (Å²) in [4.78, 5) is 14.1. The Morgan fingerprint density at radius 1 is 1.24 bits per heavy atom. The van der Waals surface area contributed by atoms with Crippen LogP contribution >= 0.6 is 11.6 Å². The van der Waals surface area contributed by atoms with Gasteiger partial charge < -0.3 is 5.11 Å². The molecule has 0 N–H and O–H groups in total. The van der Waals surface area contributed by atoms with E-state index in [1.165, 1.54) is 12.3 Å². The van der Waals surface area contributed by atoms with Crippen molar-refractivity contribution in [1.82, 2.24) is 0 Å². The second kappa shape index (κ2) is 6.85. The van der Waals surface area contributed by atoms with Gasteiger partial charge in [-0.25, -0.2) is 0 Å². The van der Waals surface area contributed by atoms with Gasteiger partial charge in [0.15, 0.2) is 0 Å². The summed E-state index contributed by atoms with van der Waals surface area (Å²) >= 11 is 5.77. The topological polar surface area (TPSA) is 78.6 Å². The Bertz CT molecular complexity index is 672. The van der Waals surface area contributed by atoms with E-state index in [4.69, 9.17) is 11.6 Å². The monoisotopic (exact) mass is 303 g/mol. The number of hydrogen-bond acceptors (Lipinski definition) is 4. The SMILES string of the molecule is O=[N+]([O-])c1cc(Cl)cc(C=NCCc2ccccc2)c1[O-]. The highest BCUT2D eigenvalue weighted by Crippen LogP contribution is 2.29. The van der Waals surface area contributed by atoms with Crippen LogP contribution in [0.1, 0.15) is 11.1 Å². The van der Waals surface area contributed by atoms with Crippen molar-refractivity contribution in [2.24, 2.45) is 4.99 Å². The molecule has 2 aromatic rings. The molecular formula is C15H12ClN2O3-. The minimum atomic E-state index is -0.741. The van der Waals surface area contributed by atoms with Gasteiger partial charge in [0.05, 0.1) is 4.92 Å². The summed E-state index contributed by atoms with van der Waals surface area (Å²) in [6, 6.07) is 12.2. The first kappa shape index (κ1) is 15.0. The summed E-state index contributed by atoms with van der Waals surface area (Å²) < 4.78 is 0. The van der Waals surface area contributed by atoms with Crippen molar-refractivity contribution in [3.63, 3.8) is 0 Å². The van der Waals surface area contributed by atoms with Gasteiger partial charge in [0, 0.05) is 23.8 Å². The zero-order chi connectivity index (χ0) is 15.2. The van der Waals surface area contributed by atoms with Gasteiger partial charge in [0.2, 0.25) is 0 Å². The maximum absolute atomic E-state index is 11.8.